The molecular formula is C20H21N3O3. The van der Waals surface area contributed by atoms with E-state index in [4.69, 9.17) is 8.94 Å². The molecule has 0 atom stereocenters. The summed E-state index contributed by atoms with van der Waals surface area (Å²) in [4.78, 5) is 14.4. The third kappa shape index (κ3) is 2.98. The summed E-state index contributed by atoms with van der Waals surface area (Å²) in [5.41, 5.74) is 3.65. The van der Waals surface area contributed by atoms with Crippen LogP contribution in [-0.2, 0) is 19.4 Å². The van der Waals surface area contributed by atoms with Gasteiger partial charge in [0.25, 0.3) is 0 Å². The van der Waals surface area contributed by atoms with Crippen LogP contribution in [0.1, 0.15) is 29.7 Å². The molecule has 1 N–H and O–H groups in total. The maximum Gasteiger partial charge on any atom is 0.322 e. The third-order valence-electron chi connectivity index (χ3n) is 4.73. The molecule has 0 bridgehead atoms. The SMILES string of the molecule is CCc1noc(C)c1NC(=O)N1CCc2cc(-c3ccccc3)oc2C1. The highest BCUT2D eigenvalue weighted by Crippen LogP contribution is 2.30. The lowest BCUT2D eigenvalue weighted by molar-refractivity contribution is 0.200. The van der Waals surface area contributed by atoms with E-state index in [-0.39, 0.29) is 6.03 Å². The molecule has 0 unspecified atom stereocenters. The molecule has 0 saturated heterocycles. The fraction of sp³-hybridized carbons (Fsp3) is 0.300. The molecule has 134 valence electrons. The van der Waals surface area contributed by atoms with Gasteiger partial charge in [-0.1, -0.05) is 42.4 Å². The van der Waals surface area contributed by atoms with Gasteiger partial charge in [0.2, 0.25) is 0 Å². The standard InChI is InChI=1S/C20H21N3O3/c1-3-16-19(13(2)26-22-16)21-20(24)23-10-9-15-11-17(25-18(15)12-23)14-7-5-4-6-8-14/h4-8,11H,3,9-10,12H2,1-2H3,(H,21,24). The van der Waals surface area contributed by atoms with Crippen molar-refractivity contribution < 1.29 is 13.7 Å². The second kappa shape index (κ2) is 6.71. The van der Waals surface area contributed by atoms with Crippen molar-refractivity contribution in [3.05, 3.63) is 59.2 Å². The smallest absolute Gasteiger partial charge is 0.322 e. The Morgan fingerprint density at radius 1 is 1.31 bits per heavy atom. The van der Waals surface area contributed by atoms with Crippen LogP contribution in [0.25, 0.3) is 11.3 Å². The van der Waals surface area contributed by atoms with E-state index in [1.807, 2.05) is 37.3 Å². The summed E-state index contributed by atoms with van der Waals surface area (Å²) in [5.74, 6) is 2.32. The number of furan rings is 1. The highest BCUT2D eigenvalue weighted by molar-refractivity contribution is 5.90. The molecule has 6 nitrogen and oxygen atoms in total. The average Bonchev–Trinajstić information content (AvgIpc) is 3.25. The van der Waals surface area contributed by atoms with Gasteiger partial charge in [0.05, 0.1) is 6.54 Å². The second-order valence-corrected chi connectivity index (χ2v) is 6.44. The third-order valence-corrected chi connectivity index (χ3v) is 4.73. The molecule has 3 aromatic rings. The Morgan fingerprint density at radius 3 is 2.88 bits per heavy atom. The molecule has 2 amide bonds. The zero-order valence-electron chi connectivity index (χ0n) is 14.9. The molecule has 26 heavy (non-hydrogen) atoms. The highest BCUT2D eigenvalue weighted by Gasteiger charge is 2.26. The molecule has 3 heterocycles. The second-order valence-electron chi connectivity index (χ2n) is 6.44. The lowest BCUT2D eigenvalue weighted by Gasteiger charge is -2.26. The zero-order chi connectivity index (χ0) is 18.1. The maximum atomic E-state index is 12.7. The Kier molecular flexibility index (Phi) is 4.24. The first-order valence-electron chi connectivity index (χ1n) is 8.83. The molecule has 0 radical (unpaired) electrons. The first kappa shape index (κ1) is 16.4. The van der Waals surface area contributed by atoms with Crippen LogP contribution in [0.3, 0.4) is 0 Å². The Bertz CT molecular complexity index is 927. The number of carbonyl (C=O) groups is 1. The topological polar surface area (TPSA) is 71.5 Å². The van der Waals surface area contributed by atoms with Crippen LogP contribution in [-0.4, -0.2) is 22.6 Å². The lowest BCUT2D eigenvalue weighted by atomic mass is 10.1. The molecule has 1 aliphatic heterocycles. The maximum absolute atomic E-state index is 12.7. The molecule has 0 fully saturated rings. The van der Waals surface area contributed by atoms with Crippen LogP contribution < -0.4 is 5.32 Å². The lowest BCUT2D eigenvalue weighted by Crippen LogP contribution is -2.38. The van der Waals surface area contributed by atoms with Crippen molar-refractivity contribution in [2.45, 2.75) is 33.2 Å². The Hall–Kier alpha value is -3.02. The van der Waals surface area contributed by atoms with Gasteiger partial charge >= 0.3 is 6.03 Å². The van der Waals surface area contributed by atoms with E-state index < -0.39 is 0 Å². The number of nitrogens with one attached hydrogen (secondary N) is 1. The zero-order valence-corrected chi connectivity index (χ0v) is 14.9. The number of aryl methyl sites for hydroxylation is 2. The number of fused-ring (bicyclic) bond motifs is 1. The van der Waals surface area contributed by atoms with E-state index in [2.05, 4.69) is 16.5 Å². The molecule has 2 aromatic heterocycles. The number of anilines is 1. The van der Waals surface area contributed by atoms with Crippen LogP contribution in [0.2, 0.25) is 0 Å². The van der Waals surface area contributed by atoms with Crippen molar-refractivity contribution in [1.29, 1.82) is 0 Å². The van der Waals surface area contributed by atoms with Crippen LogP contribution in [0, 0.1) is 6.92 Å². The number of urea groups is 1. The summed E-state index contributed by atoms with van der Waals surface area (Å²) in [6.45, 7) is 4.89. The van der Waals surface area contributed by atoms with Gasteiger partial charge < -0.3 is 19.2 Å². The normalized spacial score (nSPS) is 13.5. The fourth-order valence-electron chi connectivity index (χ4n) is 3.24. The number of nitrogens with zero attached hydrogens (tertiary/aromatic N) is 2. The summed E-state index contributed by atoms with van der Waals surface area (Å²) in [5, 5.41) is 6.92. The van der Waals surface area contributed by atoms with Gasteiger partial charge in [0.15, 0.2) is 5.76 Å². The molecular weight excluding hydrogens is 330 g/mol. The summed E-state index contributed by atoms with van der Waals surface area (Å²) >= 11 is 0. The van der Waals surface area contributed by atoms with E-state index >= 15 is 0 Å². The minimum Gasteiger partial charge on any atom is -0.459 e. The van der Waals surface area contributed by atoms with E-state index in [1.54, 1.807) is 11.8 Å². The molecule has 0 saturated carbocycles. The van der Waals surface area contributed by atoms with Crippen LogP contribution in [0.5, 0.6) is 0 Å². The summed E-state index contributed by atoms with van der Waals surface area (Å²) in [7, 11) is 0. The van der Waals surface area contributed by atoms with E-state index in [9.17, 15) is 4.79 Å². The molecule has 1 aliphatic rings. The number of amides is 2. The van der Waals surface area contributed by atoms with Gasteiger partial charge in [-0.15, -0.1) is 0 Å². The van der Waals surface area contributed by atoms with Gasteiger partial charge in [0, 0.05) is 12.1 Å². The number of carbonyl (C=O) groups excluding carboxylic acids is 1. The monoisotopic (exact) mass is 351 g/mol. The highest BCUT2D eigenvalue weighted by atomic mass is 16.5. The largest absolute Gasteiger partial charge is 0.459 e. The van der Waals surface area contributed by atoms with Gasteiger partial charge in [-0.2, -0.15) is 0 Å². The number of benzene rings is 1. The first-order chi connectivity index (χ1) is 12.7. The number of rotatable bonds is 3. The summed E-state index contributed by atoms with van der Waals surface area (Å²) in [6, 6.07) is 11.9. The van der Waals surface area contributed by atoms with E-state index in [0.717, 1.165) is 29.2 Å². The molecule has 0 aliphatic carbocycles. The van der Waals surface area contributed by atoms with Crippen molar-refractivity contribution in [3.63, 3.8) is 0 Å². The Labute approximate surface area is 151 Å². The van der Waals surface area contributed by atoms with Crippen molar-refractivity contribution in [3.8, 4) is 11.3 Å². The Morgan fingerprint density at radius 2 is 2.12 bits per heavy atom. The molecule has 4 rings (SSSR count). The molecule has 0 spiro atoms. The van der Waals surface area contributed by atoms with Crippen LogP contribution in [0.4, 0.5) is 10.5 Å². The van der Waals surface area contributed by atoms with E-state index in [0.29, 0.717) is 31.0 Å². The van der Waals surface area contributed by atoms with Gasteiger partial charge in [-0.05, 0) is 31.4 Å². The minimum atomic E-state index is -0.158. The predicted molar refractivity (Wildman–Crippen MR) is 97.9 cm³/mol. The predicted octanol–water partition coefficient (Wildman–Crippen LogP) is 4.40. The number of aromatic nitrogens is 1. The Balaban J connectivity index is 1.50. The van der Waals surface area contributed by atoms with E-state index in [1.165, 1.54) is 5.56 Å². The summed E-state index contributed by atoms with van der Waals surface area (Å²) < 4.78 is 11.2. The number of hydrogen-bond acceptors (Lipinski definition) is 4. The van der Waals surface area contributed by atoms with Gasteiger partial charge in [-0.3, -0.25) is 0 Å². The number of hydrogen-bond donors (Lipinski definition) is 1. The fourth-order valence-corrected chi connectivity index (χ4v) is 3.24. The van der Waals surface area contributed by atoms with Crippen LogP contribution >= 0.6 is 0 Å². The van der Waals surface area contributed by atoms with Crippen molar-refractivity contribution >= 4 is 11.7 Å². The minimum absolute atomic E-state index is 0.158. The molecule has 6 heteroatoms. The van der Waals surface area contributed by atoms with Crippen molar-refractivity contribution in [2.75, 3.05) is 11.9 Å². The van der Waals surface area contributed by atoms with Crippen LogP contribution in [0.15, 0.2) is 45.3 Å². The van der Waals surface area contributed by atoms with Crippen molar-refractivity contribution in [2.24, 2.45) is 0 Å². The first-order valence-corrected chi connectivity index (χ1v) is 8.83. The average molecular weight is 351 g/mol. The van der Waals surface area contributed by atoms with Crippen molar-refractivity contribution in [1.82, 2.24) is 10.1 Å². The van der Waals surface area contributed by atoms with Gasteiger partial charge in [0.1, 0.15) is 22.9 Å². The van der Waals surface area contributed by atoms with Gasteiger partial charge in [-0.25, -0.2) is 4.79 Å². The quantitative estimate of drug-likeness (QED) is 0.759. The molecule has 1 aromatic carbocycles. The summed E-state index contributed by atoms with van der Waals surface area (Å²) in [6.07, 6.45) is 1.48.